The molecule has 0 saturated carbocycles. The highest BCUT2D eigenvalue weighted by atomic mass is 16.6. The molecule has 1 amide bonds. The number of furan rings is 1. The molecular weight excluding hydrogens is 410 g/mol. The molecule has 1 aromatic heterocycles. The van der Waals surface area contributed by atoms with E-state index < -0.39 is 17.7 Å². The van der Waals surface area contributed by atoms with Crippen molar-refractivity contribution < 1.29 is 28.6 Å². The molecule has 0 spiro atoms. The molecule has 32 heavy (non-hydrogen) atoms. The molecule has 0 bridgehead atoms. The van der Waals surface area contributed by atoms with Gasteiger partial charge in [0.05, 0.1) is 5.57 Å². The number of rotatable bonds is 4. The minimum absolute atomic E-state index is 0.0167. The van der Waals surface area contributed by atoms with Gasteiger partial charge in [-0.2, -0.15) is 0 Å². The van der Waals surface area contributed by atoms with E-state index in [9.17, 15) is 14.7 Å². The van der Waals surface area contributed by atoms with Crippen molar-refractivity contribution in [1.29, 1.82) is 0 Å². The smallest absolute Gasteiger partial charge is 0.296 e. The van der Waals surface area contributed by atoms with E-state index in [0.29, 0.717) is 41.8 Å². The van der Waals surface area contributed by atoms with Crippen molar-refractivity contribution in [1.82, 2.24) is 4.90 Å². The monoisotopic (exact) mass is 431 g/mol. The van der Waals surface area contributed by atoms with Crippen LogP contribution in [0.2, 0.25) is 0 Å². The van der Waals surface area contributed by atoms with Crippen LogP contribution in [0.25, 0.3) is 5.76 Å². The standard InChI is InChI=1S/C25H21NO6/c1-15-7-9-19(32-15)22-21(23(27)17-8-10-18-20(13-17)31-12-11-30-18)24(28)25(29)26(22)14-16-5-3-2-4-6-16/h2-10,13,22,27H,11-12,14H2,1H3. The highest BCUT2D eigenvalue weighted by Crippen LogP contribution is 2.42. The SMILES string of the molecule is Cc1ccc(C2C(=C(O)c3ccc4c(c3)OCCO4)C(=O)C(=O)N2Cc2ccccc2)o1. The first-order valence-corrected chi connectivity index (χ1v) is 10.3. The van der Waals surface area contributed by atoms with Crippen molar-refractivity contribution in [3.8, 4) is 11.5 Å². The lowest BCUT2D eigenvalue weighted by molar-refractivity contribution is -0.140. The zero-order chi connectivity index (χ0) is 22.2. The van der Waals surface area contributed by atoms with Gasteiger partial charge in [0.25, 0.3) is 11.7 Å². The number of ether oxygens (including phenoxy) is 2. The van der Waals surface area contributed by atoms with Crippen LogP contribution in [0.15, 0.2) is 70.7 Å². The zero-order valence-corrected chi connectivity index (χ0v) is 17.4. The first-order valence-electron chi connectivity index (χ1n) is 10.3. The number of aryl methyl sites for hydroxylation is 1. The number of ketones is 1. The van der Waals surface area contributed by atoms with Gasteiger partial charge in [0.2, 0.25) is 0 Å². The van der Waals surface area contributed by atoms with Crippen molar-refractivity contribution in [2.75, 3.05) is 13.2 Å². The van der Waals surface area contributed by atoms with Crippen molar-refractivity contribution in [2.45, 2.75) is 19.5 Å². The minimum Gasteiger partial charge on any atom is -0.507 e. The predicted octanol–water partition coefficient (Wildman–Crippen LogP) is 3.98. The Morgan fingerprint density at radius 2 is 1.75 bits per heavy atom. The van der Waals surface area contributed by atoms with Gasteiger partial charge < -0.3 is 23.9 Å². The van der Waals surface area contributed by atoms with E-state index in [-0.39, 0.29) is 17.9 Å². The summed E-state index contributed by atoms with van der Waals surface area (Å²) >= 11 is 0. The molecule has 3 heterocycles. The average molecular weight is 431 g/mol. The third-order valence-corrected chi connectivity index (χ3v) is 5.58. The number of carbonyl (C=O) groups excluding carboxylic acids is 2. The fourth-order valence-electron chi connectivity index (χ4n) is 4.07. The number of hydrogen-bond acceptors (Lipinski definition) is 6. The van der Waals surface area contributed by atoms with Gasteiger partial charge in [0.1, 0.15) is 36.5 Å². The summed E-state index contributed by atoms with van der Waals surface area (Å²) in [5.41, 5.74) is 1.21. The summed E-state index contributed by atoms with van der Waals surface area (Å²) in [6.45, 7) is 2.83. The largest absolute Gasteiger partial charge is 0.507 e. The lowest BCUT2D eigenvalue weighted by atomic mass is 9.99. The number of aliphatic hydroxyl groups is 1. The van der Waals surface area contributed by atoms with Gasteiger partial charge in [-0.3, -0.25) is 9.59 Å². The second-order valence-corrected chi connectivity index (χ2v) is 7.72. The van der Waals surface area contributed by atoms with Crippen LogP contribution in [0.3, 0.4) is 0 Å². The second kappa shape index (κ2) is 7.92. The van der Waals surface area contributed by atoms with Crippen LogP contribution in [0, 0.1) is 6.92 Å². The quantitative estimate of drug-likeness (QED) is 0.382. The summed E-state index contributed by atoms with van der Waals surface area (Å²) < 4.78 is 16.9. The maximum absolute atomic E-state index is 13.1. The van der Waals surface area contributed by atoms with E-state index in [1.54, 1.807) is 37.3 Å². The molecule has 1 N–H and O–H groups in total. The zero-order valence-electron chi connectivity index (χ0n) is 17.4. The number of Topliss-reactive ketones (excluding diaryl/α,β-unsaturated/α-hetero) is 1. The number of amides is 1. The van der Waals surface area contributed by atoms with E-state index in [4.69, 9.17) is 13.9 Å². The Hall–Kier alpha value is -4.00. The second-order valence-electron chi connectivity index (χ2n) is 7.72. The molecule has 2 aliphatic heterocycles. The number of fused-ring (bicyclic) bond motifs is 1. The molecule has 1 fully saturated rings. The maximum Gasteiger partial charge on any atom is 0.296 e. The summed E-state index contributed by atoms with van der Waals surface area (Å²) in [4.78, 5) is 27.5. The Balaban J connectivity index is 1.62. The molecule has 2 aliphatic rings. The predicted molar refractivity (Wildman–Crippen MR) is 115 cm³/mol. The number of likely N-dealkylation sites (tertiary alicyclic amines) is 1. The molecule has 0 radical (unpaired) electrons. The summed E-state index contributed by atoms with van der Waals surface area (Å²) in [6, 6.07) is 16.9. The van der Waals surface area contributed by atoms with Crippen LogP contribution in [-0.2, 0) is 16.1 Å². The van der Waals surface area contributed by atoms with E-state index in [2.05, 4.69) is 0 Å². The van der Waals surface area contributed by atoms with Crippen LogP contribution in [0.1, 0.15) is 28.7 Å². The fourth-order valence-corrected chi connectivity index (χ4v) is 4.07. The molecular formula is C25H21NO6. The van der Waals surface area contributed by atoms with Gasteiger partial charge in [-0.25, -0.2) is 0 Å². The van der Waals surface area contributed by atoms with Gasteiger partial charge in [-0.15, -0.1) is 0 Å². The number of benzene rings is 2. The van der Waals surface area contributed by atoms with Crippen molar-refractivity contribution in [2.24, 2.45) is 0 Å². The highest BCUT2D eigenvalue weighted by molar-refractivity contribution is 6.46. The molecule has 7 heteroatoms. The molecule has 1 atom stereocenters. The molecule has 2 aromatic carbocycles. The molecule has 162 valence electrons. The number of aliphatic hydroxyl groups excluding tert-OH is 1. The molecule has 1 unspecified atom stereocenters. The summed E-state index contributed by atoms with van der Waals surface area (Å²) in [7, 11) is 0. The topological polar surface area (TPSA) is 89.2 Å². The van der Waals surface area contributed by atoms with Crippen LogP contribution in [-0.4, -0.2) is 34.9 Å². The molecule has 7 nitrogen and oxygen atoms in total. The Morgan fingerprint density at radius 1 is 1.00 bits per heavy atom. The van der Waals surface area contributed by atoms with Gasteiger partial charge in [-0.1, -0.05) is 30.3 Å². The normalized spacial score (nSPS) is 19.4. The van der Waals surface area contributed by atoms with E-state index in [0.717, 1.165) is 5.56 Å². The molecule has 3 aromatic rings. The molecule has 5 rings (SSSR count). The van der Waals surface area contributed by atoms with E-state index in [1.165, 1.54) is 4.90 Å². The summed E-state index contributed by atoms with van der Waals surface area (Å²) in [5, 5.41) is 11.2. The summed E-state index contributed by atoms with van der Waals surface area (Å²) in [6.07, 6.45) is 0. The lowest BCUT2D eigenvalue weighted by Crippen LogP contribution is -2.29. The lowest BCUT2D eigenvalue weighted by Gasteiger charge is -2.23. The number of nitrogens with zero attached hydrogens (tertiary/aromatic N) is 1. The van der Waals surface area contributed by atoms with Crippen LogP contribution in [0.5, 0.6) is 11.5 Å². The van der Waals surface area contributed by atoms with Gasteiger partial charge >= 0.3 is 0 Å². The van der Waals surface area contributed by atoms with Crippen LogP contribution in [0.4, 0.5) is 0 Å². The Morgan fingerprint density at radius 3 is 2.47 bits per heavy atom. The average Bonchev–Trinajstić information content (AvgIpc) is 3.35. The number of hydrogen-bond donors (Lipinski definition) is 1. The van der Waals surface area contributed by atoms with E-state index >= 15 is 0 Å². The Labute approximate surface area is 184 Å². The first kappa shape index (κ1) is 19.9. The Kier molecular flexibility index (Phi) is 4.93. The molecule has 1 saturated heterocycles. The maximum atomic E-state index is 13.1. The van der Waals surface area contributed by atoms with Gasteiger partial charge in [-0.05, 0) is 42.8 Å². The fraction of sp³-hybridized carbons (Fsp3) is 0.200. The third-order valence-electron chi connectivity index (χ3n) is 5.58. The third kappa shape index (κ3) is 3.41. The minimum atomic E-state index is -0.850. The van der Waals surface area contributed by atoms with Crippen LogP contribution >= 0.6 is 0 Å². The van der Waals surface area contributed by atoms with Crippen LogP contribution < -0.4 is 9.47 Å². The highest BCUT2D eigenvalue weighted by Gasteiger charge is 2.47. The van der Waals surface area contributed by atoms with Gasteiger partial charge in [0, 0.05) is 12.1 Å². The molecule has 0 aliphatic carbocycles. The van der Waals surface area contributed by atoms with Crippen molar-refractivity contribution >= 4 is 17.4 Å². The van der Waals surface area contributed by atoms with Crippen molar-refractivity contribution in [3.63, 3.8) is 0 Å². The van der Waals surface area contributed by atoms with Gasteiger partial charge in [0.15, 0.2) is 11.5 Å². The number of carbonyl (C=O) groups is 2. The van der Waals surface area contributed by atoms with Crippen molar-refractivity contribution in [3.05, 3.63) is 88.9 Å². The van der Waals surface area contributed by atoms with E-state index in [1.807, 2.05) is 30.3 Å². The summed E-state index contributed by atoms with van der Waals surface area (Å²) in [5.74, 6) is 0.371. The Bertz CT molecular complexity index is 1230. The first-order chi connectivity index (χ1) is 15.5.